The van der Waals surface area contributed by atoms with E-state index in [0.29, 0.717) is 6.20 Å². The van der Waals surface area contributed by atoms with Crippen molar-refractivity contribution < 1.29 is 23.1 Å². The van der Waals surface area contributed by atoms with Gasteiger partial charge in [-0.15, -0.1) is 0 Å². The molecule has 0 aliphatic rings. The van der Waals surface area contributed by atoms with Crippen molar-refractivity contribution in [1.29, 1.82) is 0 Å². The van der Waals surface area contributed by atoms with E-state index in [2.05, 4.69) is 4.98 Å². The lowest BCUT2D eigenvalue weighted by Gasteiger charge is -2.08. The summed E-state index contributed by atoms with van der Waals surface area (Å²) in [7, 11) is 0. The first kappa shape index (κ1) is 11.4. The molecule has 4 nitrogen and oxygen atoms in total. The largest absolute Gasteiger partial charge is 0.478 e. The van der Waals surface area contributed by atoms with Gasteiger partial charge in [0.1, 0.15) is 17.1 Å². The predicted octanol–water partition coefficient (Wildman–Crippen LogP) is 1.32. The fourth-order valence-corrected chi connectivity index (χ4v) is 1.08. The predicted molar refractivity (Wildman–Crippen MR) is 44.0 cm³/mol. The Kier molecular flexibility index (Phi) is 3.25. The second-order valence-corrected chi connectivity index (χ2v) is 2.66. The van der Waals surface area contributed by atoms with Crippen molar-refractivity contribution in [2.75, 3.05) is 0 Å². The van der Waals surface area contributed by atoms with Crippen LogP contribution in [0.1, 0.15) is 28.0 Å². The molecule has 0 bridgehead atoms. The molecule has 0 atom stereocenters. The zero-order valence-corrected chi connectivity index (χ0v) is 7.38. The van der Waals surface area contributed by atoms with Gasteiger partial charge in [0, 0.05) is 18.3 Å². The van der Waals surface area contributed by atoms with Crippen LogP contribution in [0.5, 0.6) is 0 Å². The topological polar surface area (TPSA) is 76.2 Å². The van der Waals surface area contributed by atoms with Crippen LogP contribution in [0.4, 0.5) is 13.2 Å². The Bertz CT molecular complexity index is 396. The van der Waals surface area contributed by atoms with Crippen LogP contribution >= 0.6 is 0 Å². The highest BCUT2D eigenvalue weighted by Gasteiger charge is 2.22. The second kappa shape index (κ2) is 4.26. The van der Waals surface area contributed by atoms with E-state index in [0.717, 1.165) is 0 Å². The summed E-state index contributed by atoms with van der Waals surface area (Å²) in [6.07, 6.45) is -2.43. The minimum absolute atomic E-state index is 0.528. The second-order valence-electron chi connectivity index (χ2n) is 2.66. The number of pyridine rings is 1. The van der Waals surface area contributed by atoms with Gasteiger partial charge in [-0.3, -0.25) is 4.98 Å². The number of carbonyl (C=O) groups is 1. The minimum atomic E-state index is -2.99. The Hall–Kier alpha value is -1.63. The monoisotopic (exact) mass is 220 g/mol. The van der Waals surface area contributed by atoms with Crippen molar-refractivity contribution in [3.05, 3.63) is 28.8 Å². The van der Waals surface area contributed by atoms with Crippen molar-refractivity contribution in [3.8, 4) is 0 Å². The summed E-state index contributed by atoms with van der Waals surface area (Å²) in [4.78, 5) is 13.6. The molecule has 1 rings (SSSR count). The molecule has 0 aliphatic heterocycles. The van der Waals surface area contributed by atoms with Crippen molar-refractivity contribution >= 4 is 5.97 Å². The molecule has 0 spiro atoms. The number of hydrogen-bond acceptors (Lipinski definition) is 3. The van der Waals surface area contributed by atoms with Gasteiger partial charge in [-0.05, 0) is 0 Å². The zero-order valence-electron chi connectivity index (χ0n) is 7.38. The summed E-state index contributed by atoms with van der Waals surface area (Å²) in [6, 6.07) is 0. The molecule has 3 N–H and O–H groups in total. The fraction of sp³-hybridized carbons (Fsp3) is 0.250. The Morgan fingerprint density at radius 1 is 1.60 bits per heavy atom. The lowest BCUT2D eigenvalue weighted by atomic mass is 10.1. The van der Waals surface area contributed by atoms with Gasteiger partial charge in [0.05, 0.1) is 0 Å². The summed E-state index contributed by atoms with van der Waals surface area (Å²) in [5.41, 5.74) is 2.90. The average Bonchev–Trinajstić information content (AvgIpc) is 2.16. The van der Waals surface area contributed by atoms with E-state index in [1.807, 2.05) is 0 Å². The highest BCUT2D eigenvalue weighted by molar-refractivity contribution is 5.87. The van der Waals surface area contributed by atoms with Gasteiger partial charge >= 0.3 is 5.97 Å². The molecule has 1 heterocycles. The van der Waals surface area contributed by atoms with Crippen molar-refractivity contribution in [1.82, 2.24) is 4.98 Å². The number of nitrogens with zero attached hydrogens (tertiary/aromatic N) is 1. The van der Waals surface area contributed by atoms with Gasteiger partial charge < -0.3 is 10.8 Å². The average molecular weight is 220 g/mol. The van der Waals surface area contributed by atoms with Crippen LogP contribution in [0.3, 0.4) is 0 Å². The molecule has 82 valence electrons. The molecular weight excluding hydrogens is 213 g/mol. The van der Waals surface area contributed by atoms with Gasteiger partial charge in [-0.2, -0.15) is 0 Å². The lowest BCUT2D eigenvalue weighted by Crippen LogP contribution is -2.12. The molecule has 1 aromatic heterocycles. The normalized spacial score (nSPS) is 10.7. The van der Waals surface area contributed by atoms with Gasteiger partial charge in [0.25, 0.3) is 6.43 Å². The molecule has 0 fully saturated rings. The number of alkyl halides is 2. The van der Waals surface area contributed by atoms with E-state index in [9.17, 15) is 18.0 Å². The third kappa shape index (κ3) is 2.07. The Morgan fingerprint density at radius 2 is 2.20 bits per heavy atom. The highest BCUT2D eigenvalue weighted by atomic mass is 19.3. The van der Waals surface area contributed by atoms with E-state index >= 15 is 0 Å². The molecule has 0 amide bonds. The molecule has 0 aliphatic carbocycles. The first-order valence-corrected chi connectivity index (χ1v) is 3.87. The van der Waals surface area contributed by atoms with E-state index in [1.54, 1.807) is 0 Å². The number of nitrogens with two attached hydrogens (primary N) is 1. The van der Waals surface area contributed by atoms with Gasteiger partial charge in [-0.25, -0.2) is 18.0 Å². The standard InChI is InChI=1S/C8H7F3N2O2/c9-5-3(1-12)6(7(10)11)13-2-4(5)8(14)15/h2,7H,1,12H2,(H,14,15). The number of rotatable bonds is 3. The summed E-state index contributed by atoms with van der Waals surface area (Å²) >= 11 is 0. The molecule has 0 radical (unpaired) electrons. The first-order chi connectivity index (χ1) is 6.99. The van der Waals surface area contributed by atoms with Crippen LogP contribution in [0.25, 0.3) is 0 Å². The van der Waals surface area contributed by atoms with Gasteiger partial charge in [0.15, 0.2) is 0 Å². The highest BCUT2D eigenvalue weighted by Crippen LogP contribution is 2.24. The summed E-state index contributed by atoms with van der Waals surface area (Å²) < 4.78 is 37.9. The van der Waals surface area contributed by atoms with Crippen LogP contribution in [-0.2, 0) is 6.54 Å². The number of carboxylic acid groups (broad SMARTS) is 1. The van der Waals surface area contributed by atoms with E-state index in [1.165, 1.54) is 0 Å². The summed E-state index contributed by atoms with van der Waals surface area (Å²) in [5, 5.41) is 8.51. The maximum absolute atomic E-state index is 13.3. The number of hydrogen-bond donors (Lipinski definition) is 2. The molecule has 7 heteroatoms. The molecule has 0 saturated carbocycles. The number of aromatic nitrogens is 1. The third-order valence-corrected chi connectivity index (χ3v) is 1.78. The minimum Gasteiger partial charge on any atom is -0.478 e. The van der Waals surface area contributed by atoms with E-state index in [-0.39, 0.29) is 0 Å². The number of aromatic carboxylic acids is 1. The van der Waals surface area contributed by atoms with Gasteiger partial charge in [-0.1, -0.05) is 0 Å². The molecular formula is C8H7F3N2O2. The van der Waals surface area contributed by atoms with Crippen LogP contribution in [0, 0.1) is 5.82 Å². The number of halogens is 3. The Labute approximate surface area is 82.5 Å². The van der Waals surface area contributed by atoms with Crippen LogP contribution < -0.4 is 5.73 Å². The maximum Gasteiger partial charge on any atom is 0.340 e. The van der Waals surface area contributed by atoms with Gasteiger partial charge in [0.2, 0.25) is 0 Å². The third-order valence-electron chi connectivity index (χ3n) is 1.78. The van der Waals surface area contributed by atoms with Crippen LogP contribution in [-0.4, -0.2) is 16.1 Å². The molecule has 15 heavy (non-hydrogen) atoms. The smallest absolute Gasteiger partial charge is 0.340 e. The molecule has 0 aromatic carbocycles. The molecule has 1 aromatic rings. The van der Waals surface area contributed by atoms with Crippen LogP contribution in [0.15, 0.2) is 6.20 Å². The van der Waals surface area contributed by atoms with Crippen molar-refractivity contribution in [2.24, 2.45) is 5.73 Å². The van der Waals surface area contributed by atoms with E-state index in [4.69, 9.17) is 10.8 Å². The van der Waals surface area contributed by atoms with Crippen molar-refractivity contribution in [2.45, 2.75) is 13.0 Å². The lowest BCUT2D eigenvalue weighted by molar-refractivity contribution is 0.0690. The SMILES string of the molecule is NCc1c(C(F)F)ncc(C(=O)O)c1F. The zero-order chi connectivity index (χ0) is 11.6. The Morgan fingerprint density at radius 3 is 2.60 bits per heavy atom. The van der Waals surface area contributed by atoms with E-state index < -0.39 is 41.6 Å². The summed E-state index contributed by atoms with van der Waals surface area (Å²) in [6.45, 7) is -0.528. The quantitative estimate of drug-likeness (QED) is 0.805. The van der Waals surface area contributed by atoms with Crippen LogP contribution in [0.2, 0.25) is 0 Å². The Balaban J connectivity index is 3.39. The fourth-order valence-electron chi connectivity index (χ4n) is 1.08. The first-order valence-electron chi connectivity index (χ1n) is 3.87. The number of carboxylic acids is 1. The molecule has 0 unspecified atom stereocenters. The molecule has 0 saturated heterocycles. The summed E-state index contributed by atoms with van der Waals surface area (Å²) in [5.74, 6) is -2.83. The maximum atomic E-state index is 13.3. The van der Waals surface area contributed by atoms with Crippen molar-refractivity contribution in [3.63, 3.8) is 0 Å².